The maximum Gasteiger partial charge on any atom is 0.0433 e. The van der Waals surface area contributed by atoms with Crippen molar-refractivity contribution in [1.82, 2.24) is 0 Å². The molecule has 2 heteroatoms. The van der Waals surface area contributed by atoms with Gasteiger partial charge < -0.3 is 0 Å². The Morgan fingerprint density at radius 1 is 0.240 bits per heavy atom. The van der Waals surface area contributed by atoms with Crippen molar-refractivity contribution in [1.29, 1.82) is 0 Å². The maximum absolute atomic E-state index is 2.43. The molecule has 0 aliphatic rings. The van der Waals surface area contributed by atoms with Crippen molar-refractivity contribution in [3.05, 3.63) is 170 Å². The first-order valence-corrected chi connectivity index (χ1v) is 18.7. The molecule has 0 unspecified atom stereocenters. The average molecular weight is 669 g/mol. The predicted octanol–water partition coefficient (Wildman–Crippen LogP) is 14.9. The van der Waals surface area contributed by atoms with Gasteiger partial charge in [-0.25, -0.2) is 0 Å². The van der Waals surface area contributed by atoms with Crippen LogP contribution < -0.4 is 0 Å². The SMILES string of the molecule is c1cc(-c2ccc3c4ccccc4c4cc(-c5cccc6c5sc5ccccc56)ccc4c3c2)cc(-c2cccc3c2sc2ccccc23)c1. The van der Waals surface area contributed by atoms with Gasteiger partial charge in [0.25, 0.3) is 0 Å². The van der Waals surface area contributed by atoms with Crippen LogP contribution in [-0.4, -0.2) is 0 Å². The van der Waals surface area contributed by atoms with Gasteiger partial charge in [-0.3, -0.25) is 0 Å². The molecule has 0 bridgehead atoms. The van der Waals surface area contributed by atoms with E-state index in [0.29, 0.717) is 0 Å². The molecule has 11 aromatic rings. The van der Waals surface area contributed by atoms with Gasteiger partial charge in [0.15, 0.2) is 0 Å². The molecule has 0 spiro atoms. The largest absolute Gasteiger partial charge is 0.135 e. The number of thiophene rings is 2. The lowest BCUT2D eigenvalue weighted by Gasteiger charge is -2.14. The Hall–Kier alpha value is -5.80. The third kappa shape index (κ3) is 4.16. The quantitative estimate of drug-likeness (QED) is 0.164. The second kappa shape index (κ2) is 10.9. The van der Waals surface area contributed by atoms with Crippen LogP contribution in [0.4, 0.5) is 0 Å². The fourth-order valence-corrected chi connectivity index (χ4v) is 10.6. The Balaban J connectivity index is 1.10. The summed E-state index contributed by atoms with van der Waals surface area (Å²) in [5, 5.41) is 13.1. The van der Waals surface area contributed by atoms with Gasteiger partial charge in [0, 0.05) is 40.3 Å². The maximum atomic E-state index is 2.43. The predicted molar refractivity (Wildman–Crippen MR) is 221 cm³/mol. The number of hydrogen-bond donors (Lipinski definition) is 0. The third-order valence-corrected chi connectivity index (χ3v) is 12.9. The summed E-state index contributed by atoms with van der Waals surface area (Å²) < 4.78 is 5.38. The van der Waals surface area contributed by atoms with E-state index in [1.807, 2.05) is 22.7 Å². The summed E-state index contributed by atoms with van der Waals surface area (Å²) >= 11 is 3.79. The lowest BCUT2D eigenvalue weighted by atomic mass is 9.90. The van der Waals surface area contributed by atoms with Crippen LogP contribution in [0.2, 0.25) is 0 Å². The molecule has 2 aromatic heterocycles. The van der Waals surface area contributed by atoms with Crippen molar-refractivity contribution in [2.24, 2.45) is 0 Å². The van der Waals surface area contributed by atoms with Crippen LogP contribution in [0, 0.1) is 0 Å². The van der Waals surface area contributed by atoms with Gasteiger partial charge in [-0.1, -0.05) is 140 Å². The van der Waals surface area contributed by atoms with E-state index >= 15 is 0 Å². The summed E-state index contributed by atoms with van der Waals surface area (Å²) in [5.41, 5.74) is 7.58. The molecule has 0 saturated heterocycles. The standard InChI is InChI=1S/C48H28S2/c1-2-13-36-35(12-1)37-24-22-30(29-10-7-11-31(26-29)33-16-8-18-41-39-14-3-5-20-45(39)49-47(33)41)27-43(37)38-25-23-32(28-44(36)38)34-17-9-19-42-40-15-4-6-21-46(40)50-48(34)42/h1-28H. The smallest absolute Gasteiger partial charge is 0.0433 e. The zero-order valence-electron chi connectivity index (χ0n) is 27.0. The minimum atomic E-state index is 1.23. The monoisotopic (exact) mass is 668 g/mol. The van der Waals surface area contributed by atoms with Crippen molar-refractivity contribution < 1.29 is 0 Å². The number of hydrogen-bond acceptors (Lipinski definition) is 2. The summed E-state index contributed by atoms with van der Waals surface area (Å²) in [6.07, 6.45) is 0. The normalized spacial score (nSPS) is 12.0. The van der Waals surface area contributed by atoms with Crippen molar-refractivity contribution in [2.75, 3.05) is 0 Å². The van der Waals surface area contributed by atoms with E-state index in [1.54, 1.807) is 0 Å². The first-order valence-electron chi connectivity index (χ1n) is 17.1. The number of rotatable bonds is 3. The first-order chi connectivity index (χ1) is 24.8. The molecule has 11 rings (SSSR count). The van der Waals surface area contributed by atoms with E-state index in [1.165, 1.54) is 106 Å². The first kappa shape index (κ1) is 28.1. The second-order valence-electron chi connectivity index (χ2n) is 13.2. The molecule has 0 atom stereocenters. The van der Waals surface area contributed by atoms with Crippen LogP contribution >= 0.6 is 22.7 Å². The van der Waals surface area contributed by atoms with Gasteiger partial charge in [-0.2, -0.15) is 0 Å². The summed E-state index contributed by atoms with van der Waals surface area (Å²) in [4.78, 5) is 0. The van der Waals surface area contributed by atoms with Crippen LogP contribution in [0.5, 0.6) is 0 Å². The lowest BCUT2D eigenvalue weighted by Crippen LogP contribution is -1.87. The Morgan fingerprint density at radius 2 is 0.640 bits per heavy atom. The molecule has 0 saturated carbocycles. The molecule has 0 fully saturated rings. The highest BCUT2D eigenvalue weighted by molar-refractivity contribution is 7.26. The molecule has 0 aliphatic carbocycles. The van der Waals surface area contributed by atoms with E-state index in [-0.39, 0.29) is 0 Å². The molecule has 2 heterocycles. The van der Waals surface area contributed by atoms with Crippen LogP contribution in [0.15, 0.2) is 170 Å². The van der Waals surface area contributed by atoms with Crippen LogP contribution in [0.3, 0.4) is 0 Å². The topological polar surface area (TPSA) is 0 Å². The molecule has 0 radical (unpaired) electrons. The fraction of sp³-hybridized carbons (Fsp3) is 0. The molecule has 232 valence electrons. The summed E-state index contributed by atoms with van der Waals surface area (Å²) in [6, 6.07) is 63.1. The van der Waals surface area contributed by atoms with Gasteiger partial charge >= 0.3 is 0 Å². The van der Waals surface area contributed by atoms with Crippen molar-refractivity contribution in [3.63, 3.8) is 0 Å². The zero-order chi connectivity index (χ0) is 32.8. The van der Waals surface area contributed by atoms with Crippen molar-refractivity contribution in [2.45, 2.75) is 0 Å². The van der Waals surface area contributed by atoms with Gasteiger partial charge in [-0.15, -0.1) is 22.7 Å². The Labute approximate surface area is 297 Å². The summed E-state index contributed by atoms with van der Waals surface area (Å²) in [5.74, 6) is 0. The highest BCUT2D eigenvalue weighted by atomic mass is 32.1. The second-order valence-corrected chi connectivity index (χ2v) is 15.3. The Bertz CT molecular complexity index is 3160. The molecule has 0 N–H and O–H groups in total. The van der Waals surface area contributed by atoms with Crippen LogP contribution in [-0.2, 0) is 0 Å². The zero-order valence-corrected chi connectivity index (χ0v) is 28.6. The van der Waals surface area contributed by atoms with Crippen molar-refractivity contribution >= 4 is 95.3 Å². The number of fused-ring (bicyclic) bond motifs is 12. The van der Waals surface area contributed by atoms with Gasteiger partial charge in [-0.05, 0) is 96.0 Å². The van der Waals surface area contributed by atoms with Gasteiger partial charge in [0.1, 0.15) is 0 Å². The van der Waals surface area contributed by atoms with Crippen molar-refractivity contribution in [3.8, 4) is 33.4 Å². The van der Waals surface area contributed by atoms with E-state index in [0.717, 1.165) is 0 Å². The highest BCUT2D eigenvalue weighted by Gasteiger charge is 2.15. The molecule has 9 aromatic carbocycles. The van der Waals surface area contributed by atoms with E-state index in [4.69, 9.17) is 0 Å². The minimum absolute atomic E-state index is 1.23. The minimum Gasteiger partial charge on any atom is -0.135 e. The average Bonchev–Trinajstić information content (AvgIpc) is 3.76. The molecule has 50 heavy (non-hydrogen) atoms. The summed E-state index contributed by atoms with van der Waals surface area (Å²) in [6.45, 7) is 0. The third-order valence-electron chi connectivity index (χ3n) is 10.5. The van der Waals surface area contributed by atoms with E-state index in [2.05, 4.69) is 170 Å². The van der Waals surface area contributed by atoms with Gasteiger partial charge in [0.05, 0.1) is 0 Å². The molecule has 0 nitrogen and oxygen atoms in total. The Morgan fingerprint density at radius 3 is 1.28 bits per heavy atom. The molecular formula is C48H28S2. The Kier molecular flexibility index (Phi) is 6.09. The summed E-state index contributed by atoms with van der Waals surface area (Å²) in [7, 11) is 0. The molecule has 0 amide bonds. The van der Waals surface area contributed by atoms with Gasteiger partial charge in [0.2, 0.25) is 0 Å². The molecule has 0 aliphatic heterocycles. The van der Waals surface area contributed by atoms with Crippen LogP contribution in [0.1, 0.15) is 0 Å². The number of benzene rings is 9. The van der Waals surface area contributed by atoms with E-state index in [9.17, 15) is 0 Å². The fourth-order valence-electron chi connectivity index (χ4n) is 8.12. The van der Waals surface area contributed by atoms with E-state index < -0.39 is 0 Å². The lowest BCUT2D eigenvalue weighted by molar-refractivity contribution is 1.63. The molecular weight excluding hydrogens is 641 g/mol. The highest BCUT2D eigenvalue weighted by Crippen LogP contribution is 2.44. The van der Waals surface area contributed by atoms with Crippen LogP contribution in [0.25, 0.3) is 106 Å².